The van der Waals surface area contributed by atoms with E-state index in [1.807, 2.05) is 24.3 Å². The van der Waals surface area contributed by atoms with E-state index < -0.39 is 11.2 Å². The zero-order valence-electron chi connectivity index (χ0n) is 21.2. The van der Waals surface area contributed by atoms with Crippen molar-refractivity contribution in [1.82, 2.24) is 0 Å². The number of benzene rings is 2. The minimum atomic E-state index is -0.550. The van der Waals surface area contributed by atoms with Gasteiger partial charge in [0, 0.05) is 0 Å². The molecule has 0 spiro atoms. The van der Waals surface area contributed by atoms with Crippen LogP contribution in [0, 0.1) is 0 Å². The van der Waals surface area contributed by atoms with Crippen LogP contribution in [0.2, 0.25) is 0 Å². The number of unbranched alkanes of at least 4 members (excludes halogenated alkanes) is 2. The minimum Gasteiger partial charge on any atom is -0.504 e. The standard InChI is InChI=1S/C28H42O5/c1-7-11-17-27(9-3,21-13-15-23(29)25(19-21)31-5)33-28(10-4,18-12-8-2)22-14-16-24(30)26(20-22)32-6/h13-16,19-20,29-30H,7-12,17-18H2,1-6H3. The summed E-state index contributed by atoms with van der Waals surface area (Å²) in [5.74, 6) is 1.15. The molecular weight excluding hydrogens is 416 g/mol. The van der Waals surface area contributed by atoms with Gasteiger partial charge in [0.15, 0.2) is 23.0 Å². The molecule has 0 aliphatic rings. The molecule has 5 heteroatoms. The third-order valence-electron chi connectivity index (χ3n) is 6.81. The molecule has 0 heterocycles. The minimum absolute atomic E-state index is 0.123. The molecule has 5 nitrogen and oxygen atoms in total. The zero-order chi connectivity index (χ0) is 24.5. The highest BCUT2D eigenvalue weighted by Gasteiger charge is 2.42. The van der Waals surface area contributed by atoms with Gasteiger partial charge in [-0.1, -0.05) is 65.5 Å². The van der Waals surface area contributed by atoms with Crippen molar-refractivity contribution in [2.45, 2.75) is 90.3 Å². The number of ether oxygens (including phenoxy) is 3. The molecule has 2 atom stereocenters. The molecule has 0 radical (unpaired) electrons. The SMILES string of the molecule is CCCCC(CC)(OC(CC)(CCCC)c1ccc(O)c(OC)c1)c1ccc(O)c(OC)c1. The molecule has 33 heavy (non-hydrogen) atoms. The molecule has 0 saturated carbocycles. The molecule has 184 valence electrons. The van der Waals surface area contributed by atoms with Crippen LogP contribution < -0.4 is 9.47 Å². The van der Waals surface area contributed by atoms with Crippen LogP contribution in [-0.4, -0.2) is 24.4 Å². The fraction of sp³-hybridized carbons (Fsp3) is 0.571. The van der Waals surface area contributed by atoms with E-state index in [0.717, 1.165) is 62.5 Å². The molecular formula is C28H42O5. The Balaban J connectivity index is 2.68. The van der Waals surface area contributed by atoms with Crippen molar-refractivity contribution in [3.63, 3.8) is 0 Å². The molecule has 2 unspecified atom stereocenters. The van der Waals surface area contributed by atoms with Crippen molar-refractivity contribution < 1.29 is 24.4 Å². The highest BCUT2D eigenvalue weighted by atomic mass is 16.5. The lowest BCUT2D eigenvalue weighted by atomic mass is 9.80. The molecule has 0 aliphatic heterocycles. The summed E-state index contributed by atoms with van der Waals surface area (Å²) in [5, 5.41) is 20.4. The first-order valence-corrected chi connectivity index (χ1v) is 12.3. The number of hydrogen-bond acceptors (Lipinski definition) is 5. The lowest BCUT2D eigenvalue weighted by Gasteiger charge is -2.45. The molecule has 2 aromatic carbocycles. The van der Waals surface area contributed by atoms with E-state index in [1.165, 1.54) is 0 Å². The second-order valence-electron chi connectivity index (χ2n) is 8.78. The average molecular weight is 459 g/mol. The first-order valence-electron chi connectivity index (χ1n) is 12.3. The third kappa shape index (κ3) is 5.94. The normalized spacial score (nSPS) is 15.0. The molecule has 2 rings (SSSR count). The highest BCUT2D eigenvalue weighted by molar-refractivity contribution is 5.45. The van der Waals surface area contributed by atoms with E-state index in [2.05, 4.69) is 27.7 Å². The van der Waals surface area contributed by atoms with Crippen LogP contribution in [0.1, 0.15) is 90.2 Å². The van der Waals surface area contributed by atoms with E-state index in [4.69, 9.17) is 14.2 Å². The summed E-state index contributed by atoms with van der Waals surface area (Å²) in [5.41, 5.74) is 0.916. The van der Waals surface area contributed by atoms with Crippen LogP contribution >= 0.6 is 0 Å². The van der Waals surface area contributed by atoms with E-state index in [1.54, 1.807) is 26.4 Å². The van der Waals surface area contributed by atoms with Gasteiger partial charge < -0.3 is 24.4 Å². The van der Waals surface area contributed by atoms with Crippen molar-refractivity contribution >= 4 is 0 Å². The summed E-state index contributed by atoms with van der Waals surface area (Å²) in [4.78, 5) is 0. The summed E-state index contributed by atoms with van der Waals surface area (Å²) in [6.07, 6.45) is 7.43. The smallest absolute Gasteiger partial charge is 0.160 e. The van der Waals surface area contributed by atoms with Gasteiger partial charge in [-0.3, -0.25) is 0 Å². The quantitative estimate of drug-likeness (QED) is 0.308. The van der Waals surface area contributed by atoms with Crippen LogP contribution in [0.4, 0.5) is 0 Å². The Labute approximate surface area is 199 Å². The lowest BCUT2D eigenvalue weighted by Crippen LogP contribution is -2.41. The average Bonchev–Trinajstić information content (AvgIpc) is 2.85. The first kappa shape index (κ1) is 26.8. The summed E-state index contributed by atoms with van der Waals surface area (Å²) in [6, 6.07) is 11.1. The van der Waals surface area contributed by atoms with E-state index >= 15 is 0 Å². The topological polar surface area (TPSA) is 68.2 Å². The fourth-order valence-electron chi connectivity index (χ4n) is 4.64. The summed E-state index contributed by atoms with van der Waals surface area (Å²) in [7, 11) is 3.14. The Bertz CT molecular complexity index is 809. The van der Waals surface area contributed by atoms with Crippen molar-refractivity contribution in [2.24, 2.45) is 0 Å². The van der Waals surface area contributed by atoms with Gasteiger partial charge in [-0.25, -0.2) is 0 Å². The summed E-state index contributed by atoms with van der Waals surface area (Å²) in [6.45, 7) is 8.69. The first-order chi connectivity index (χ1) is 15.8. The number of methoxy groups -OCH3 is 2. The van der Waals surface area contributed by atoms with E-state index in [0.29, 0.717) is 11.5 Å². The summed E-state index contributed by atoms with van der Waals surface area (Å²) >= 11 is 0. The Morgan fingerprint density at radius 2 is 1.06 bits per heavy atom. The molecule has 0 bridgehead atoms. The Morgan fingerprint density at radius 1 is 0.667 bits per heavy atom. The van der Waals surface area contributed by atoms with Gasteiger partial charge in [0.25, 0.3) is 0 Å². The highest BCUT2D eigenvalue weighted by Crippen LogP contribution is 2.48. The molecule has 0 amide bonds. The monoisotopic (exact) mass is 458 g/mol. The Hall–Kier alpha value is -2.40. The van der Waals surface area contributed by atoms with Gasteiger partial charge in [0.1, 0.15) is 0 Å². The zero-order valence-corrected chi connectivity index (χ0v) is 21.2. The van der Waals surface area contributed by atoms with Gasteiger partial charge in [-0.15, -0.1) is 0 Å². The predicted octanol–water partition coefficient (Wildman–Crippen LogP) is 7.42. The fourth-order valence-corrected chi connectivity index (χ4v) is 4.64. The maximum Gasteiger partial charge on any atom is 0.160 e. The number of phenols is 2. The van der Waals surface area contributed by atoms with Crippen LogP contribution in [0.5, 0.6) is 23.0 Å². The molecule has 0 aliphatic carbocycles. The largest absolute Gasteiger partial charge is 0.504 e. The number of hydrogen-bond donors (Lipinski definition) is 2. The Morgan fingerprint density at radius 3 is 1.36 bits per heavy atom. The Kier molecular flexibility index (Phi) is 9.90. The predicted molar refractivity (Wildman–Crippen MR) is 133 cm³/mol. The van der Waals surface area contributed by atoms with Crippen LogP contribution in [0.15, 0.2) is 36.4 Å². The van der Waals surface area contributed by atoms with E-state index in [9.17, 15) is 10.2 Å². The van der Waals surface area contributed by atoms with Crippen molar-refractivity contribution in [2.75, 3.05) is 14.2 Å². The molecule has 0 fully saturated rings. The molecule has 0 aromatic heterocycles. The molecule has 2 N–H and O–H groups in total. The lowest BCUT2D eigenvalue weighted by molar-refractivity contribution is -0.182. The van der Waals surface area contributed by atoms with Crippen molar-refractivity contribution in [3.05, 3.63) is 47.5 Å². The molecule has 2 aromatic rings. The number of phenolic OH excluding ortho intramolecular Hbond substituents is 2. The number of rotatable bonds is 14. The van der Waals surface area contributed by atoms with Crippen molar-refractivity contribution in [3.8, 4) is 23.0 Å². The van der Waals surface area contributed by atoms with E-state index in [-0.39, 0.29) is 11.5 Å². The van der Waals surface area contributed by atoms with Crippen molar-refractivity contribution in [1.29, 1.82) is 0 Å². The third-order valence-corrected chi connectivity index (χ3v) is 6.81. The van der Waals surface area contributed by atoms with Gasteiger partial charge >= 0.3 is 0 Å². The van der Waals surface area contributed by atoms with Gasteiger partial charge in [-0.05, 0) is 61.1 Å². The van der Waals surface area contributed by atoms with Crippen LogP contribution in [0.25, 0.3) is 0 Å². The van der Waals surface area contributed by atoms with Crippen LogP contribution in [0.3, 0.4) is 0 Å². The van der Waals surface area contributed by atoms with Gasteiger partial charge in [0.2, 0.25) is 0 Å². The summed E-state index contributed by atoms with van der Waals surface area (Å²) < 4.78 is 18.2. The van der Waals surface area contributed by atoms with Gasteiger partial charge in [0.05, 0.1) is 25.4 Å². The van der Waals surface area contributed by atoms with Gasteiger partial charge in [-0.2, -0.15) is 0 Å². The second kappa shape index (κ2) is 12.2. The maximum atomic E-state index is 10.2. The van der Waals surface area contributed by atoms with Crippen LogP contribution in [-0.2, 0) is 15.9 Å². The maximum absolute atomic E-state index is 10.2. The molecule has 0 saturated heterocycles. The number of aromatic hydroxyl groups is 2. The second-order valence-corrected chi connectivity index (χ2v) is 8.78.